The number of halogens is 2. The molecule has 3 rings (SSSR count). The smallest absolute Gasteiger partial charge is 0.244 e. The zero-order chi connectivity index (χ0) is 23.3. The Kier molecular flexibility index (Phi) is 8.17. The SMILES string of the molecule is CCN(CC(=O)Nc1cc(Cl)ccc1C)C(=O)CSc1nncn1-c1ccc(C)c(Cl)c1. The van der Waals surface area contributed by atoms with Gasteiger partial charge in [-0.15, -0.1) is 10.2 Å². The predicted molar refractivity (Wildman–Crippen MR) is 129 cm³/mol. The molecule has 0 fully saturated rings. The number of nitrogens with one attached hydrogen (secondary N) is 1. The van der Waals surface area contributed by atoms with Crippen LogP contribution in [-0.2, 0) is 9.59 Å². The van der Waals surface area contributed by atoms with E-state index in [1.807, 2.05) is 45.0 Å². The molecule has 1 aromatic heterocycles. The van der Waals surface area contributed by atoms with Crippen molar-refractivity contribution in [2.75, 3.05) is 24.2 Å². The number of thioether (sulfide) groups is 1. The Morgan fingerprint density at radius 3 is 2.59 bits per heavy atom. The van der Waals surface area contributed by atoms with Gasteiger partial charge in [0.15, 0.2) is 5.16 Å². The average molecular weight is 492 g/mol. The largest absolute Gasteiger partial charge is 0.333 e. The van der Waals surface area contributed by atoms with E-state index in [1.54, 1.807) is 23.0 Å². The fraction of sp³-hybridized carbons (Fsp3) is 0.273. The minimum absolute atomic E-state index is 0.0535. The van der Waals surface area contributed by atoms with Gasteiger partial charge in [0.1, 0.15) is 6.33 Å². The monoisotopic (exact) mass is 491 g/mol. The second kappa shape index (κ2) is 10.8. The molecule has 0 saturated heterocycles. The van der Waals surface area contributed by atoms with Crippen LogP contribution in [-0.4, -0.2) is 50.3 Å². The lowest BCUT2D eigenvalue weighted by atomic mass is 10.2. The van der Waals surface area contributed by atoms with Crippen LogP contribution in [0.25, 0.3) is 5.69 Å². The molecular weight excluding hydrogens is 469 g/mol. The van der Waals surface area contributed by atoms with Crippen molar-refractivity contribution in [3.8, 4) is 5.69 Å². The van der Waals surface area contributed by atoms with Gasteiger partial charge in [-0.25, -0.2) is 0 Å². The van der Waals surface area contributed by atoms with Crippen LogP contribution in [0.4, 0.5) is 5.69 Å². The Hall–Kier alpha value is -2.55. The molecule has 0 aliphatic carbocycles. The van der Waals surface area contributed by atoms with E-state index in [4.69, 9.17) is 23.2 Å². The third kappa shape index (κ3) is 6.03. The number of rotatable bonds is 8. The van der Waals surface area contributed by atoms with Crippen molar-refractivity contribution in [1.82, 2.24) is 19.7 Å². The van der Waals surface area contributed by atoms with Gasteiger partial charge >= 0.3 is 0 Å². The van der Waals surface area contributed by atoms with Gasteiger partial charge < -0.3 is 10.2 Å². The Bertz CT molecular complexity index is 1140. The van der Waals surface area contributed by atoms with Gasteiger partial charge in [0.05, 0.1) is 18.0 Å². The minimum atomic E-state index is -0.284. The molecule has 0 aliphatic heterocycles. The van der Waals surface area contributed by atoms with E-state index < -0.39 is 0 Å². The number of amides is 2. The average Bonchev–Trinajstić information content (AvgIpc) is 3.23. The van der Waals surface area contributed by atoms with Crippen molar-refractivity contribution in [2.45, 2.75) is 25.9 Å². The molecule has 0 bridgehead atoms. The van der Waals surface area contributed by atoms with E-state index in [0.29, 0.717) is 27.4 Å². The number of carbonyl (C=O) groups is 2. The summed E-state index contributed by atoms with van der Waals surface area (Å²) in [6.07, 6.45) is 1.58. The van der Waals surface area contributed by atoms with Gasteiger partial charge in [0.2, 0.25) is 11.8 Å². The van der Waals surface area contributed by atoms with Crippen LogP contribution < -0.4 is 5.32 Å². The minimum Gasteiger partial charge on any atom is -0.333 e. The fourth-order valence-electron chi connectivity index (χ4n) is 2.92. The maximum absolute atomic E-state index is 12.8. The molecule has 0 aliphatic rings. The van der Waals surface area contributed by atoms with Gasteiger partial charge in [-0.2, -0.15) is 0 Å². The number of benzene rings is 2. The van der Waals surface area contributed by atoms with E-state index in [0.717, 1.165) is 16.8 Å². The summed E-state index contributed by atoms with van der Waals surface area (Å²) in [5.74, 6) is -0.338. The number of nitrogens with zero attached hydrogens (tertiary/aromatic N) is 4. The maximum Gasteiger partial charge on any atom is 0.244 e. The second-order valence-corrected chi connectivity index (χ2v) is 8.91. The molecule has 168 valence electrons. The van der Waals surface area contributed by atoms with Gasteiger partial charge in [0, 0.05) is 22.3 Å². The summed E-state index contributed by atoms with van der Waals surface area (Å²) in [5, 5.41) is 12.6. The molecule has 2 aromatic carbocycles. The molecule has 3 aromatic rings. The molecule has 0 radical (unpaired) electrons. The normalized spacial score (nSPS) is 10.8. The van der Waals surface area contributed by atoms with Crippen LogP contribution >= 0.6 is 35.0 Å². The first-order chi connectivity index (χ1) is 15.3. The van der Waals surface area contributed by atoms with Crippen LogP contribution in [0.5, 0.6) is 0 Å². The first-order valence-corrected chi connectivity index (χ1v) is 11.7. The number of carbonyl (C=O) groups excluding carboxylic acids is 2. The lowest BCUT2D eigenvalue weighted by Crippen LogP contribution is -2.39. The van der Waals surface area contributed by atoms with Crippen LogP contribution in [0.3, 0.4) is 0 Å². The number of anilines is 1. The number of aryl methyl sites for hydroxylation is 2. The molecule has 0 spiro atoms. The lowest BCUT2D eigenvalue weighted by Gasteiger charge is -2.20. The van der Waals surface area contributed by atoms with E-state index in [-0.39, 0.29) is 24.1 Å². The van der Waals surface area contributed by atoms with Crippen LogP contribution in [0, 0.1) is 13.8 Å². The van der Waals surface area contributed by atoms with E-state index in [1.165, 1.54) is 16.7 Å². The highest BCUT2D eigenvalue weighted by Crippen LogP contribution is 2.24. The van der Waals surface area contributed by atoms with Crippen molar-refractivity contribution in [3.05, 3.63) is 63.9 Å². The van der Waals surface area contributed by atoms with Crippen LogP contribution in [0.1, 0.15) is 18.1 Å². The summed E-state index contributed by atoms with van der Waals surface area (Å²) < 4.78 is 1.77. The third-order valence-electron chi connectivity index (χ3n) is 4.82. The van der Waals surface area contributed by atoms with Gasteiger partial charge in [0.25, 0.3) is 0 Å². The number of hydrogen-bond donors (Lipinski definition) is 1. The van der Waals surface area contributed by atoms with E-state index >= 15 is 0 Å². The molecule has 0 saturated carbocycles. The Labute approximate surface area is 201 Å². The molecule has 0 atom stereocenters. The first kappa shape index (κ1) is 24.1. The highest BCUT2D eigenvalue weighted by molar-refractivity contribution is 7.99. The van der Waals surface area contributed by atoms with Gasteiger partial charge in [-0.05, 0) is 56.2 Å². The van der Waals surface area contributed by atoms with Crippen LogP contribution in [0.15, 0.2) is 47.9 Å². The molecule has 7 nitrogen and oxygen atoms in total. The number of likely N-dealkylation sites (N-methyl/N-ethyl adjacent to an activating group) is 1. The first-order valence-electron chi connectivity index (χ1n) is 9.91. The summed E-state index contributed by atoms with van der Waals surface area (Å²) in [6, 6.07) is 10.9. The Morgan fingerprint density at radius 2 is 1.88 bits per heavy atom. The Balaban J connectivity index is 1.61. The highest BCUT2D eigenvalue weighted by atomic mass is 35.5. The van der Waals surface area contributed by atoms with Gasteiger partial charge in [-0.1, -0.05) is 47.1 Å². The summed E-state index contributed by atoms with van der Waals surface area (Å²) in [4.78, 5) is 26.7. The number of aromatic nitrogens is 3. The summed E-state index contributed by atoms with van der Waals surface area (Å²) in [6.45, 7) is 5.99. The third-order valence-corrected chi connectivity index (χ3v) is 6.39. The predicted octanol–water partition coefficient (Wildman–Crippen LogP) is 4.77. The molecule has 32 heavy (non-hydrogen) atoms. The quantitative estimate of drug-likeness (QED) is 0.459. The molecular formula is C22H23Cl2N5O2S. The van der Waals surface area contributed by atoms with Crippen molar-refractivity contribution < 1.29 is 9.59 Å². The van der Waals surface area contributed by atoms with Crippen molar-refractivity contribution in [2.24, 2.45) is 0 Å². The fourth-order valence-corrected chi connectivity index (χ4v) is 4.10. The second-order valence-electron chi connectivity index (χ2n) is 7.12. The van der Waals surface area contributed by atoms with Gasteiger partial charge in [-0.3, -0.25) is 14.2 Å². The molecule has 10 heteroatoms. The van der Waals surface area contributed by atoms with Crippen molar-refractivity contribution in [1.29, 1.82) is 0 Å². The summed E-state index contributed by atoms with van der Waals surface area (Å²) >= 11 is 13.5. The number of hydrogen-bond acceptors (Lipinski definition) is 5. The zero-order valence-corrected chi connectivity index (χ0v) is 20.3. The summed E-state index contributed by atoms with van der Waals surface area (Å²) in [7, 11) is 0. The zero-order valence-electron chi connectivity index (χ0n) is 17.9. The maximum atomic E-state index is 12.8. The van der Waals surface area contributed by atoms with Crippen molar-refractivity contribution in [3.63, 3.8) is 0 Å². The molecule has 1 N–H and O–H groups in total. The van der Waals surface area contributed by atoms with E-state index in [9.17, 15) is 9.59 Å². The topological polar surface area (TPSA) is 80.1 Å². The Morgan fingerprint density at radius 1 is 1.12 bits per heavy atom. The van der Waals surface area contributed by atoms with Crippen LogP contribution in [0.2, 0.25) is 10.0 Å². The standard InChI is InChI=1S/C22H23Cl2N5O2S/c1-4-28(11-20(30)26-19-9-16(23)7-5-15(19)3)21(31)12-32-22-27-25-13-29(22)17-8-6-14(2)18(24)10-17/h5-10,13H,4,11-12H2,1-3H3,(H,26,30). The lowest BCUT2D eigenvalue weighted by molar-refractivity contribution is -0.132. The van der Waals surface area contributed by atoms with E-state index in [2.05, 4.69) is 15.5 Å². The van der Waals surface area contributed by atoms with Crippen molar-refractivity contribution >= 4 is 52.5 Å². The molecule has 0 unspecified atom stereocenters. The highest BCUT2D eigenvalue weighted by Gasteiger charge is 2.18. The molecule has 1 heterocycles. The summed E-state index contributed by atoms with van der Waals surface area (Å²) in [5.41, 5.74) is 3.30. The molecule has 2 amide bonds.